The maximum atomic E-state index is 12.0. The molecule has 1 aromatic carbocycles. The zero-order chi connectivity index (χ0) is 15.4. The van der Waals surface area contributed by atoms with Gasteiger partial charge >= 0.3 is 0 Å². The molecule has 0 aliphatic carbocycles. The van der Waals surface area contributed by atoms with E-state index in [9.17, 15) is 14.4 Å². The van der Waals surface area contributed by atoms with Crippen molar-refractivity contribution in [1.29, 1.82) is 0 Å². The molecule has 0 atom stereocenters. The Morgan fingerprint density at radius 3 is 2.67 bits per heavy atom. The molecular weight excluding hydrogens is 270 g/mol. The molecule has 0 radical (unpaired) electrons. The van der Waals surface area contributed by atoms with Crippen LogP contribution in [0.25, 0.3) is 0 Å². The highest BCUT2D eigenvalue weighted by Gasteiger charge is 2.19. The summed E-state index contributed by atoms with van der Waals surface area (Å²) in [5.74, 6) is -0.499. The molecule has 1 aliphatic rings. The number of fused-ring (bicyclic) bond motifs is 1. The third kappa shape index (κ3) is 3.39. The summed E-state index contributed by atoms with van der Waals surface area (Å²) in [6.45, 7) is 5.01. The Hall–Kier alpha value is -2.37. The van der Waals surface area contributed by atoms with Crippen molar-refractivity contribution in [2.45, 2.75) is 20.3 Å². The standard InChI is InChI=1S/C15H19N3O3/c1-3-18(4-2)14(20)9-16-15(21)11-6-5-10-8-13(19)17-12(10)7-11/h5-7H,3-4,8-9H2,1-2H3,(H,16,21)(H,17,19). The van der Waals surface area contributed by atoms with Gasteiger partial charge in [0.15, 0.2) is 0 Å². The molecule has 2 rings (SSSR count). The van der Waals surface area contributed by atoms with E-state index in [1.54, 1.807) is 23.1 Å². The lowest BCUT2D eigenvalue weighted by Crippen LogP contribution is -2.40. The van der Waals surface area contributed by atoms with Gasteiger partial charge in [-0.3, -0.25) is 14.4 Å². The number of nitrogens with one attached hydrogen (secondary N) is 2. The van der Waals surface area contributed by atoms with Gasteiger partial charge in [-0.25, -0.2) is 0 Å². The Kier molecular flexibility index (Phi) is 4.57. The van der Waals surface area contributed by atoms with Gasteiger partial charge in [0.1, 0.15) is 0 Å². The number of rotatable bonds is 5. The molecule has 1 aromatic rings. The molecule has 0 bridgehead atoms. The van der Waals surface area contributed by atoms with E-state index in [4.69, 9.17) is 0 Å². The normalized spacial score (nSPS) is 12.6. The molecule has 1 aliphatic heterocycles. The van der Waals surface area contributed by atoms with Crippen molar-refractivity contribution >= 4 is 23.4 Å². The van der Waals surface area contributed by atoms with Gasteiger partial charge < -0.3 is 15.5 Å². The Bertz CT molecular complexity index is 580. The third-order valence-corrected chi connectivity index (χ3v) is 3.51. The highest BCUT2D eigenvalue weighted by molar-refractivity contribution is 6.02. The summed E-state index contributed by atoms with van der Waals surface area (Å²) in [6.07, 6.45) is 0.345. The van der Waals surface area contributed by atoms with Crippen LogP contribution in [0.4, 0.5) is 5.69 Å². The van der Waals surface area contributed by atoms with Crippen LogP contribution in [0.1, 0.15) is 29.8 Å². The first-order valence-electron chi connectivity index (χ1n) is 7.03. The maximum Gasteiger partial charge on any atom is 0.251 e. The van der Waals surface area contributed by atoms with Crippen LogP contribution in [0.5, 0.6) is 0 Å². The highest BCUT2D eigenvalue weighted by atomic mass is 16.2. The first-order chi connectivity index (χ1) is 10.0. The van der Waals surface area contributed by atoms with Gasteiger partial charge in [-0.05, 0) is 31.5 Å². The average Bonchev–Trinajstić information content (AvgIpc) is 2.85. The smallest absolute Gasteiger partial charge is 0.251 e. The maximum absolute atomic E-state index is 12.0. The molecule has 112 valence electrons. The Morgan fingerprint density at radius 1 is 1.29 bits per heavy atom. The van der Waals surface area contributed by atoms with Crippen LogP contribution in [-0.2, 0) is 16.0 Å². The second-order valence-corrected chi connectivity index (χ2v) is 4.85. The number of nitrogens with zero attached hydrogens (tertiary/aromatic N) is 1. The first kappa shape index (κ1) is 15.0. The summed E-state index contributed by atoms with van der Waals surface area (Å²) in [5.41, 5.74) is 1.99. The van der Waals surface area contributed by atoms with Crippen LogP contribution < -0.4 is 10.6 Å². The van der Waals surface area contributed by atoms with Crippen LogP contribution in [0.15, 0.2) is 18.2 Å². The Balaban J connectivity index is 1.97. The molecule has 0 aromatic heterocycles. The zero-order valence-electron chi connectivity index (χ0n) is 12.2. The van der Waals surface area contributed by atoms with Crippen molar-refractivity contribution in [3.63, 3.8) is 0 Å². The lowest BCUT2D eigenvalue weighted by Gasteiger charge is -2.18. The number of carbonyl (C=O) groups excluding carboxylic acids is 3. The van der Waals surface area contributed by atoms with E-state index in [-0.39, 0.29) is 24.3 Å². The molecule has 2 N–H and O–H groups in total. The van der Waals surface area contributed by atoms with Crippen LogP contribution in [0.2, 0.25) is 0 Å². The number of benzene rings is 1. The number of hydrogen-bond acceptors (Lipinski definition) is 3. The van der Waals surface area contributed by atoms with E-state index in [0.29, 0.717) is 30.8 Å². The van der Waals surface area contributed by atoms with Gasteiger partial charge in [-0.1, -0.05) is 6.07 Å². The van der Waals surface area contributed by atoms with Crippen molar-refractivity contribution < 1.29 is 14.4 Å². The molecule has 1 heterocycles. The van der Waals surface area contributed by atoms with Crippen LogP contribution >= 0.6 is 0 Å². The number of amides is 3. The minimum absolute atomic E-state index is 0.0239. The van der Waals surface area contributed by atoms with E-state index in [1.165, 1.54) is 0 Å². The molecule has 0 unspecified atom stereocenters. The molecular formula is C15H19N3O3. The second kappa shape index (κ2) is 6.39. The summed E-state index contributed by atoms with van der Waals surface area (Å²) in [6, 6.07) is 5.06. The molecule has 6 heteroatoms. The van der Waals surface area contributed by atoms with E-state index in [1.807, 2.05) is 13.8 Å². The molecule has 0 saturated heterocycles. The summed E-state index contributed by atoms with van der Waals surface area (Å²) in [7, 11) is 0. The van der Waals surface area contributed by atoms with E-state index in [2.05, 4.69) is 10.6 Å². The molecule has 0 saturated carbocycles. The van der Waals surface area contributed by atoms with Gasteiger partial charge in [0, 0.05) is 24.3 Å². The number of anilines is 1. The van der Waals surface area contributed by atoms with Crippen molar-refractivity contribution in [3.8, 4) is 0 Å². The van der Waals surface area contributed by atoms with Gasteiger partial charge in [0.2, 0.25) is 11.8 Å². The number of carbonyl (C=O) groups is 3. The van der Waals surface area contributed by atoms with Gasteiger partial charge in [0.25, 0.3) is 5.91 Å². The van der Waals surface area contributed by atoms with Crippen molar-refractivity contribution in [3.05, 3.63) is 29.3 Å². The predicted octanol–water partition coefficient (Wildman–Crippen LogP) is 0.779. The minimum atomic E-state index is -0.320. The van der Waals surface area contributed by atoms with E-state index < -0.39 is 0 Å². The number of hydrogen-bond donors (Lipinski definition) is 2. The topological polar surface area (TPSA) is 78.5 Å². The van der Waals surface area contributed by atoms with Crippen molar-refractivity contribution in [1.82, 2.24) is 10.2 Å². The predicted molar refractivity (Wildman–Crippen MR) is 79.0 cm³/mol. The van der Waals surface area contributed by atoms with Crippen LogP contribution in [-0.4, -0.2) is 42.3 Å². The summed E-state index contributed by atoms with van der Waals surface area (Å²) in [5, 5.41) is 5.31. The number of likely N-dealkylation sites (N-methyl/N-ethyl adjacent to an activating group) is 1. The van der Waals surface area contributed by atoms with Crippen molar-refractivity contribution in [2.75, 3.05) is 25.0 Å². The lowest BCUT2D eigenvalue weighted by molar-refractivity contribution is -0.129. The first-order valence-corrected chi connectivity index (χ1v) is 7.03. The molecule has 21 heavy (non-hydrogen) atoms. The minimum Gasteiger partial charge on any atom is -0.343 e. The lowest BCUT2D eigenvalue weighted by atomic mass is 10.1. The molecule has 0 fully saturated rings. The summed E-state index contributed by atoms with van der Waals surface area (Å²) in [4.78, 5) is 36.8. The summed E-state index contributed by atoms with van der Waals surface area (Å²) < 4.78 is 0. The van der Waals surface area contributed by atoms with Gasteiger partial charge in [-0.2, -0.15) is 0 Å². The second-order valence-electron chi connectivity index (χ2n) is 4.85. The quantitative estimate of drug-likeness (QED) is 0.840. The zero-order valence-corrected chi connectivity index (χ0v) is 12.2. The van der Waals surface area contributed by atoms with Gasteiger partial charge in [-0.15, -0.1) is 0 Å². The molecule has 6 nitrogen and oxygen atoms in total. The SMILES string of the molecule is CCN(CC)C(=O)CNC(=O)c1ccc2c(c1)NC(=O)C2. The summed E-state index contributed by atoms with van der Waals surface area (Å²) >= 11 is 0. The van der Waals surface area contributed by atoms with E-state index in [0.717, 1.165) is 5.56 Å². The highest BCUT2D eigenvalue weighted by Crippen LogP contribution is 2.23. The fourth-order valence-electron chi connectivity index (χ4n) is 2.30. The van der Waals surface area contributed by atoms with Gasteiger partial charge in [0.05, 0.1) is 13.0 Å². The monoisotopic (exact) mass is 289 g/mol. The molecule has 0 spiro atoms. The largest absolute Gasteiger partial charge is 0.343 e. The molecule has 3 amide bonds. The fourth-order valence-corrected chi connectivity index (χ4v) is 2.30. The van der Waals surface area contributed by atoms with Crippen LogP contribution in [0.3, 0.4) is 0 Å². The Labute approximate surface area is 123 Å². The van der Waals surface area contributed by atoms with Crippen molar-refractivity contribution in [2.24, 2.45) is 0 Å². The van der Waals surface area contributed by atoms with E-state index >= 15 is 0 Å². The Morgan fingerprint density at radius 2 is 2.00 bits per heavy atom. The van der Waals surface area contributed by atoms with Crippen LogP contribution in [0, 0.1) is 0 Å². The fraction of sp³-hybridized carbons (Fsp3) is 0.400. The average molecular weight is 289 g/mol. The third-order valence-electron chi connectivity index (χ3n) is 3.51.